The molecule has 1 aliphatic heterocycles. The molecule has 108 valence electrons. The first-order valence-corrected chi connectivity index (χ1v) is 7.53. The van der Waals surface area contributed by atoms with Crippen molar-refractivity contribution in [3.05, 3.63) is 35.9 Å². The minimum Gasteiger partial charge on any atom is -0.374 e. The summed E-state index contributed by atoms with van der Waals surface area (Å²) < 4.78 is 5.98. The number of hydrogen-bond donors (Lipinski definition) is 0. The zero-order valence-electron chi connectivity index (χ0n) is 12.3. The molecule has 1 atom stereocenters. The molecule has 2 fully saturated rings. The van der Waals surface area contributed by atoms with Gasteiger partial charge in [0.2, 0.25) is 5.91 Å². The fourth-order valence-corrected chi connectivity index (χ4v) is 2.84. The van der Waals surface area contributed by atoms with Gasteiger partial charge in [-0.05, 0) is 32.3 Å². The molecule has 1 unspecified atom stereocenters. The van der Waals surface area contributed by atoms with Gasteiger partial charge in [0.15, 0.2) is 0 Å². The van der Waals surface area contributed by atoms with Gasteiger partial charge in [-0.15, -0.1) is 0 Å². The van der Waals surface area contributed by atoms with Gasteiger partial charge in [-0.25, -0.2) is 0 Å². The Kier molecular flexibility index (Phi) is 3.55. The predicted molar refractivity (Wildman–Crippen MR) is 78.4 cm³/mol. The highest BCUT2D eigenvalue weighted by molar-refractivity contribution is 5.81. The number of morpholine rings is 1. The van der Waals surface area contributed by atoms with Crippen LogP contribution in [0.4, 0.5) is 0 Å². The van der Waals surface area contributed by atoms with Crippen LogP contribution in [0.3, 0.4) is 0 Å². The van der Waals surface area contributed by atoms with Crippen LogP contribution in [-0.2, 0) is 16.0 Å². The van der Waals surface area contributed by atoms with Crippen LogP contribution in [0.5, 0.6) is 0 Å². The van der Waals surface area contributed by atoms with Crippen molar-refractivity contribution in [2.24, 2.45) is 5.92 Å². The third kappa shape index (κ3) is 2.88. The molecular formula is C17H23NO2. The third-order valence-electron chi connectivity index (χ3n) is 4.29. The topological polar surface area (TPSA) is 29.5 Å². The Bertz CT molecular complexity index is 479. The van der Waals surface area contributed by atoms with Crippen LogP contribution in [0.15, 0.2) is 30.3 Å². The molecule has 3 rings (SSSR count). The summed E-state index contributed by atoms with van der Waals surface area (Å²) in [6.45, 7) is 5.55. The quantitative estimate of drug-likeness (QED) is 0.847. The van der Waals surface area contributed by atoms with Crippen molar-refractivity contribution in [3.63, 3.8) is 0 Å². The second-order valence-electron chi connectivity index (χ2n) is 6.66. The van der Waals surface area contributed by atoms with E-state index in [0.29, 0.717) is 12.5 Å². The molecule has 0 radical (unpaired) electrons. The largest absolute Gasteiger partial charge is 0.374 e. The second kappa shape index (κ2) is 5.21. The minimum absolute atomic E-state index is 0.119. The van der Waals surface area contributed by atoms with Crippen molar-refractivity contribution in [3.8, 4) is 0 Å². The first-order chi connectivity index (χ1) is 9.56. The molecule has 20 heavy (non-hydrogen) atoms. The zero-order valence-corrected chi connectivity index (χ0v) is 12.3. The highest BCUT2D eigenvalue weighted by Crippen LogP contribution is 2.35. The van der Waals surface area contributed by atoms with E-state index in [4.69, 9.17) is 4.74 Å². The van der Waals surface area contributed by atoms with Gasteiger partial charge in [-0.3, -0.25) is 4.79 Å². The summed E-state index contributed by atoms with van der Waals surface area (Å²) in [4.78, 5) is 14.5. The SMILES string of the molecule is CC1(C)COC(Cc2ccccc2)CN1C(=O)C1CC1. The van der Waals surface area contributed by atoms with E-state index in [1.807, 2.05) is 6.07 Å². The third-order valence-corrected chi connectivity index (χ3v) is 4.29. The van der Waals surface area contributed by atoms with Crippen molar-refractivity contribution in [2.45, 2.75) is 44.8 Å². The van der Waals surface area contributed by atoms with Crippen LogP contribution < -0.4 is 0 Å². The van der Waals surface area contributed by atoms with E-state index in [1.54, 1.807) is 0 Å². The molecule has 1 heterocycles. The van der Waals surface area contributed by atoms with Crippen LogP contribution in [0.25, 0.3) is 0 Å². The summed E-state index contributed by atoms with van der Waals surface area (Å²) in [6, 6.07) is 10.4. The van der Waals surface area contributed by atoms with Crippen LogP contribution >= 0.6 is 0 Å². The monoisotopic (exact) mass is 273 g/mol. The lowest BCUT2D eigenvalue weighted by Gasteiger charge is -2.45. The lowest BCUT2D eigenvalue weighted by molar-refractivity contribution is -0.155. The van der Waals surface area contributed by atoms with Gasteiger partial charge in [0, 0.05) is 18.9 Å². The first kappa shape index (κ1) is 13.6. The van der Waals surface area contributed by atoms with Crippen LogP contribution in [0.1, 0.15) is 32.3 Å². The maximum atomic E-state index is 12.4. The van der Waals surface area contributed by atoms with Gasteiger partial charge in [0.25, 0.3) is 0 Å². The number of hydrogen-bond acceptors (Lipinski definition) is 2. The van der Waals surface area contributed by atoms with Crippen molar-refractivity contribution in [1.29, 1.82) is 0 Å². The van der Waals surface area contributed by atoms with Crippen molar-refractivity contribution in [1.82, 2.24) is 4.90 Å². The molecule has 2 aliphatic rings. The van der Waals surface area contributed by atoms with Crippen LogP contribution in [0, 0.1) is 5.92 Å². The van der Waals surface area contributed by atoms with Gasteiger partial charge in [0.05, 0.1) is 18.2 Å². The Balaban J connectivity index is 1.68. The summed E-state index contributed by atoms with van der Waals surface area (Å²) in [7, 11) is 0. The molecule has 0 N–H and O–H groups in total. The summed E-state index contributed by atoms with van der Waals surface area (Å²) in [5.41, 5.74) is 1.10. The summed E-state index contributed by atoms with van der Waals surface area (Å²) in [5.74, 6) is 0.612. The highest BCUT2D eigenvalue weighted by atomic mass is 16.5. The maximum absolute atomic E-state index is 12.4. The number of carbonyl (C=O) groups excluding carboxylic acids is 1. The van der Waals surface area contributed by atoms with Crippen LogP contribution in [-0.4, -0.2) is 35.6 Å². The molecule has 1 saturated heterocycles. The fraction of sp³-hybridized carbons (Fsp3) is 0.588. The Morgan fingerprint density at radius 1 is 1.30 bits per heavy atom. The van der Waals surface area contributed by atoms with Gasteiger partial charge in [-0.2, -0.15) is 0 Å². The maximum Gasteiger partial charge on any atom is 0.226 e. The van der Waals surface area contributed by atoms with E-state index >= 15 is 0 Å². The average Bonchev–Trinajstić information content (AvgIpc) is 3.26. The minimum atomic E-state index is -0.174. The number of benzene rings is 1. The molecule has 3 heteroatoms. The molecule has 0 bridgehead atoms. The number of rotatable bonds is 3. The Labute approximate surface area is 120 Å². The van der Waals surface area contributed by atoms with Gasteiger partial charge in [-0.1, -0.05) is 30.3 Å². The molecule has 1 aromatic carbocycles. The summed E-state index contributed by atoms with van der Waals surface area (Å²) in [6.07, 6.45) is 3.13. The molecule has 0 spiro atoms. The molecule has 0 aromatic heterocycles. The molecule has 1 aromatic rings. The second-order valence-corrected chi connectivity index (χ2v) is 6.66. The van der Waals surface area contributed by atoms with E-state index < -0.39 is 0 Å². The summed E-state index contributed by atoms with van der Waals surface area (Å²) >= 11 is 0. The average molecular weight is 273 g/mol. The Morgan fingerprint density at radius 3 is 2.65 bits per heavy atom. The number of amides is 1. The lowest BCUT2D eigenvalue weighted by atomic mass is 9.97. The van der Waals surface area contributed by atoms with Crippen LogP contribution in [0.2, 0.25) is 0 Å². The van der Waals surface area contributed by atoms with E-state index in [-0.39, 0.29) is 17.6 Å². The molecule has 3 nitrogen and oxygen atoms in total. The van der Waals surface area contributed by atoms with E-state index in [2.05, 4.69) is 43.0 Å². The van der Waals surface area contributed by atoms with Crippen molar-refractivity contribution < 1.29 is 9.53 Å². The normalized spacial score (nSPS) is 25.5. The predicted octanol–water partition coefficient (Wildman–Crippen LogP) is 2.65. The van der Waals surface area contributed by atoms with Gasteiger partial charge in [0.1, 0.15) is 0 Å². The van der Waals surface area contributed by atoms with Gasteiger partial charge < -0.3 is 9.64 Å². The zero-order chi connectivity index (χ0) is 14.2. The van der Waals surface area contributed by atoms with E-state index in [0.717, 1.165) is 25.8 Å². The number of ether oxygens (including phenoxy) is 1. The standard InChI is InChI=1S/C17H23NO2/c1-17(2)12-20-15(10-13-6-4-3-5-7-13)11-18(17)16(19)14-8-9-14/h3-7,14-15H,8-12H2,1-2H3. The van der Waals surface area contributed by atoms with Crippen molar-refractivity contribution >= 4 is 5.91 Å². The smallest absolute Gasteiger partial charge is 0.226 e. The molecule has 1 aliphatic carbocycles. The number of carbonyl (C=O) groups is 1. The van der Waals surface area contributed by atoms with E-state index in [9.17, 15) is 4.79 Å². The first-order valence-electron chi connectivity index (χ1n) is 7.53. The summed E-state index contributed by atoms with van der Waals surface area (Å²) in [5, 5.41) is 0. The Hall–Kier alpha value is -1.35. The Morgan fingerprint density at radius 2 is 2.00 bits per heavy atom. The van der Waals surface area contributed by atoms with Crippen molar-refractivity contribution in [2.75, 3.05) is 13.2 Å². The highest BCUT2D eigenvalue weighted by Gasteiger charge is 2.43. The molecule has 1 saturated carbocycles. The van der Waals surface area contributed by atoms with E-state index in [1.165, 1.54) is 5.56 Å². The lowest BCUT2D eigenvalue weighted by Crippen LogP contribution is -2.59. The fourth-order valence-electron chi connectivity index (χ4n) is 2.84. The molecule has 1 amide bonds. The van der Waals surface area contributed by atoms with Gasteiger partial charge >= 0.3 is 0 Å². The molecular weight excluding hydrogens is 250 g/mol. The number of nitrogens with zero attached hydrogens (tertiary/aromatic N) is 1.